The van der Waals surface area contributed by atoms with Gasteiger partial charge in [-0.1, -0.05) is 0 Å². The van der Waals surface area contributed by atoms with Crippen LogP contribution in [0.3, 0.4) is 0 Å². The number of carbonyl (C=O) groups is 1. The minimum Gasteiger partial charge on any atom is -0.480 e. The first-order chi connectivity index (χ1) is 6.65. The molecule has 0 fully saturated rings. The Labute approximate surface area is 84.8 Å². The van der Waals surface area contributed by atoms with E-state index in [0.29, 0.717) is 11.4 Å². The predicted molar refractivity (Wildman–Crippen MR) is 55.5 cm³/mol. The highest BCUT2D eigenvalue weighted by molar-refractivity contribution is 5.96. The van der Waals surface area contributed by atoms with Gasteiger partial charge in [0.1, 0.15) is 5.56 Å². The van der Waals surface area contributed by atoms with E-state index in [9.17, 15) is 4.79 Å². The predicted octanol–water partition coefficient (Wildman–Crippen LogP) is 1.47. The van der Waals surface area contributed by atoms with Crippen molar-refractivity contribution in [1.29, 1.82) is 0 Å². The topological polar surface area (TPSA) is 51.2 Å². The quantitative estimate of drug-likeness (QED) is 0.796. The van der Waals surface area contributed by atoms with Gasteiger partial charge < -0.3 is 10.1 Å². The molecule has 78 valence electrons. The van der Waals surface area contributed by atoms with Gasteiger partial charge in [0, 0.05) is 13.7 Å². The van der Waals surface area contributed by atoms with Gasteiger partial charge in [-0.2, -0.15) is 0 Å². The van der Waals surface area contributed by atoms with Gasteiger partial charge in [0.2, 0.25) is 5.88 Å². The van der Waals surface area contributed by atoms with Crippen molar-refractivity contribution in [2.45, 2.75) is 19.9 Å². The first-order valence-corrected chi connectivity index (χ1v) is 4.45. The second-order valence-corrected chi connectivity index (χ2v) is 3.19. The summed E-state index contributed by atoms with van der Waals surface area (Å²) in [4.78, 5) is 15.5. The minimum absolute atomic E-state index is 0. The van der Waals surface area contributed by atoms with Gasteiger partial charge in [-0.15, -0.1) is 0 Å². The average Bonchev–Trinajstić information content (AvgIpc) is 2.16. The molecule has 0 aliphatic heterocycles. The van der Waals surface area contributed by atoms with Crippen LogP contribution in [0.1, 0.15) is 25.6 Å². The summed E-state index contributed by atoms with van der Waals surface area (Å²) < 4.78 is 4.98. The third-order valence-electron chi connectivity index (χ3n) is 1.63. The standard InChI is InChI=1S/C10H14N2O2.H2/c1-7(2)12-9(13)8-5-4-6-11-10(8)14-3;/h4-7H,1-3H3,(H,12,13);1H. The Hall–Kier alpha value is -1.58. The molecule has 4 nitrogen and oxygen atoms in total. The number of methoxy groups -OCH3 is 1. The third-order valence-corrected chi connectivity index (χ3v) is 1.63. The highest BCUT2D eigenvalue weighted by Gasteiger charge is 2.12. The minimum atomic E-state index is -0.162. The van der Waals surface area contributed by atoms with Crippen LogP contribution in [-0.2, 0) is 0 Å². The van der Waals surface area contributed by atoms with Crippen LogP contribution in [0, 0.1) is 0 Å². The molecule has 0 saturated carbocycles. The molecule has 14 heavy (non-hydrogen) atoms. The third kappa shape index (κ3) is 2.45. The first kappa shape index (κ1) is 10.5. The maximum atomic E-state index is 11.6. The van der Waals surface area contributed by atoms with E-state index in [-0.39, 0.29) is 13.4 Å². The fourth-order valence-corrected chi connectivity index (χ4v) is 1.07. The van der Waals surface area contributed by atoms with Crippen LogP contribution < -0.4 is 10.1 Å². The van der Waals surface area contributed by atoms with E-state index in [1.54, 1.807) is 18.3 Å². The van der Waals surface area contributed by atoms with Crippen molar-refractivity contribution in [3.8, 4) is 5.88 Å². The summed E-state index contributed by atoms with van der Waals surface area (Å²) in [5, 5.41) is 2.77. The van der Waals surface area contributed by atoms with Gasteiger partial charge in [-0.3, -0.25) is 4.79 Å². The van der Waals surface area contributed by atoms with Crippen molar-refractivity contribution >= 4 is 5.91 Å². The SMILES string of the molecule is COc1ncccc1C(=O)NC(C)C.[HH]. The van der Waals surface area contributed by atoms with Crippen LogP contribution in [0.4, 0.5) is 0 Å². The van der Waals surface area contributed by atoms with Crippen LogP contribution in [0.2, 0.25) is 0 Å². The summed E-state index contributed by atoms with van der Waals surface area (Å²) in [6.45, 7) is 3.81. The average molecular weight is 196 g/mol. The summed E-state index contributed by atoms with van der Waals surface area (Å²) in [7, 11) is 1.49. The highest BCUT2D eigenvalue weighted by Crippen LogP contribution is 2.13. The van der Waals surface area contributed by atoms with Gasteiger partial charge in [0.15, 0.2) is 0 Å². The Morgan fingerprint density at radius 3 is 2.93 bits per heavy atom. The summed E-state index contributed by atoms with van der Waals surface area (Å²) in [5.74, 6) is 0.190. The van der Waals surface area contributed by atoms with Crippen molar-refractivity contribution in [3.63, 3.8) is 0 Å². The molecule has 0 aromatic carbocycles. The first-order valence-electron chi connectivity index (χ1n) is 4.45. The van der Waals surface area contributed by atoms with E-state index < -0.39 is 0 Å². The molecule has 1 aromatic heterocycles. The van der Waals surface area contributed by atoms with Gasteiger partial charge in [-0.05, 0) is 26.0 Å². The molecule has 1 N–H and O–H groups in total. The largest absolute Gasteiger partial charge is 0.480 e. The zero-order valence-electron chi connectivity index (χ0n) is 8.57. The number of aromatic nitrogens is 1. The molecule has 0 atom stereocenters. The molecule has 0 saturated heterocycles. The molecule has 0 spiro atoms. The molecule has 4 heteroatoms. The number of nitrogens with zero attached hydrogens (tertiary/aromatic N) is 1. The zero-order chi connectivity index (χ0) is 10.6. The summed E-state index contributed by atoms with van der Waals surface area (Å²) in [5.41, 5.74) is 0.462. The van der Waals surface area contributed by atoms with Gasteiger partial charge in [-0.25, -0.2) is 4.98 Å². The Morgan fingerprint density at radius 2 is 2.36 bits per heavy atom. The maximum absolute atomic E-state index is 11.6. The van der Waals surface area contributed by atoms with Crippen molar-refractivity contribution in [1.82, 2.24) is 10.3 Å². The highest BCUT2D eigenvalue weighted by atomic mass is 16.5. The molecule has 1 amide bonds. The monoisotopic (exact) mass is 196 g/mol. The van der Waals surface area contributed by atoms with Gasteiger partial charge >= 0.3 is 0 Å². The lowest BCUT2D eigenvalue weighted by atomic mass is 10.2. The van der Waals surface area contributed by atoms with E-state index >= 15 is 0 Å². The number of nitrogens with one attached hydrogen (secondary N) is 1. The van der Waals surface area contributed by atoms with Crippen LogP contribution in [0.25, 0.3) is 0 Å². The normalized spacial score (nSPS) is 10.0. The van der Waals surface area contributed by atoms with E-state index in [2.05, 4.69) is 10.3 Å². The van der Waals surface area contributed by atoms with E-state index in [4.69, 9.17) is 4.74 Å². The number of carbonyl (C=O) groups excluding carboxylic acids is 1. The molecule has 0 aliphatic carbocycles. The molecular weight excluding hydrogens is 180 g/mol. The summed E-state index contributed by atoms with van der Waals surface area (Å²) >= 11 is 0. The van der Waals surface area contributed by atoms with Crippen molar-refractivity contribution in [3.05, 3.63) is 23.9 Å². The van der Waals surface area contributed by atoms with Gasteiger partial charge in [0.05, 0.1) is 7.11 Å². The maximum Gasteiger partial charge on any atom is 0.256 e. The van der Waals surface area contributed by atoms with Crippen LogP contribution in [0.15, 0.2) is 18.3 Å². The number of hydrogen-bond donors (Lipinski definition) is 1. The fraction of sp³-hybridized carbons (Fsp3) is 0.400. The lowest BCUT2D eigenvalue weighted by Crippen LogP contribution is -2.30. The Balaban J connectivity index is 0.00000196. The summed E-state index contributed by atoms with van der Waals surface area (Å²) in [6.07, 6.45) is 1.59. The molecule has 0 unspecified atom stereocenters. The number of ether oxygens (including phenoxy) is 1. The lowest BCUT2D eigenvalue weighted by molar-refractivity contribution is 0.0939. The molecule has 1 aromatic rings. The number of rotatable bonds is 3. The van der Waals surface area contributed by atoms with E-state index in [0.717, 1.165) is 0 Å². The van der Waals surface area contributed by atoms with Crippen LogP contribution in [0.5, 0.6) is 5.88 Å². The number of amides is 1. The number of pyridine rings is 1. The van der Waals surface area contributed by atoms with Crippen molar-refractivity contribution in [2.75, 3.05) is 7.11 Å². The zero-order valence-corrected chi connectivity index (χ0v) is 8.57. The molecular formula is C10H16N2O2. The van der Waals surface area contributed by atoms with Crippen LogP contribution >= 0.6 is 0 Å². The Kier molecular flexibility index (Phi) is 3.45. The second kappa shape index (κ2) is 4.60. The lowest BCUT2D eigenvalue weighted by Gasteiger charge is -2.10. The molecule has 1 heterocycles. The van der Waals surface area contributed by atoms with Crippen molar-refractivity contribution in [2.24, 2.45) is 0 Å². The van der Waals surface area contributed by atoms with E-state index in [1.807, 2.05) is 13.8 Å². The number of hydrogen-bond acceptors (Lipinski definition) is 3. The Morgan fingerprint density at radius 1 is 1.64 bits per heavy atom. The summed E-state index contributed by atoms with van der Waals surface area (Å²) in [6, 6.07) is 3.49. The van der Waals surface area contributed by atoms with E-state index in [1.165, 1.54) is 7.11 Å². The molecule has 0 radical (unpaired) electrons. The molecule has 0 bridgehead atoms. The van der Waals surface area contributed by atoms with Crippen LogP contribution in [-0.4, -0.2) is 24.0 Å². The second-order valence-electron chi connectivity index (χ2n) is 3.19. The molecule has 0 aliphatic rings. The van der Waals surface area contributed by atoms with Gasteiger partial charge in [0.25, 0.3) is 5.91 Å². The van der Waals surface area contributed by atoms with Crippen molar-refractivity contribution < 1.29 is 11.0 Å². The molecule has 1 rings (SSSR count). The fourth-order valence-electron chi connectivity index (χ4n) is 1.07. The Bertz CT molecular complexity index is 329. The smallest absolute Gasteiger partial charge is 0.256 e.